The summed E-state index contributed by atoms with van der Waals surface area (Å²) in [6.07, 6.45) is 4.27. The highest BCUT2D eigenvalue weighted by Crippen LogP contribution is 2.21. The van der Waals surface area contributed by atoms with Crippen LogP contribution in [0.2, 0.25) is 0 Å². The molecule has 3 heteroatoms. The number of hydrogen-bond donors (Lipinski definition) is 0. The lowest BCUT2D eigenvalue weighted by Gasteiger charge is -2.14. The number of rotatable bonds is 2. The Bertz CT molecular complexity index is 339. The van der Waals surface area contributed by atoms with E-state index in [4.69, 9.17) is 5.26 Å². The van der Waals surface area contributed by atoms with E-state index in [9.17, 15) is 0 Å². The highest BCUT2D eigenvalue weighted by atomic mass is 79.9. The van der Waals surface area contributed by atoms with E-state index in [1.165, 1.54) is 0 Å². The van der Waals surface area contributed by atoms with Crippen molar-refractivity contribution in [1.82, 2.24) is 4.98 Å². The van der Waals surface area contributed by atoms with Crippen LogP contribution in [0.5, 0.6) is 0 Å². The van der Waals surface area contributed by atoms with Crippen molar-refractivity contribution < 1.29 is 0 Å². The maximum absolute atomic E-state index is 8.84. The summed E-state index contributed by atoms with van der Waals surface area (Å²) in [6, 6.07) is 4.26. The third-order valence-electron chi connectivity index (χ3n) is 1.71. The Kier molecular flexibility index (Phi) is 3.05. The van der Waals surface area contributed by atoms with E-state index in [0.29, 0.717) is 0 Å². The normalized spacial score (nSPS) is 10.9. The maximum atomic E-state index is 8.84. The van der Waals surface area contributed by atoms with Crippen LogP contribution in [-0.2, 0) is 6.42 Å². The van der Waals surface area contributed by atoms with Crippen molar-refractivity contribution >= 4 is 15.9 Å². The van der Waals surface area contributed by atoms with Gasteiger partial charge in [0.15, 0.2) is 0 Å². The van der Waals surface area contributed by atoms with Gasteiger partial charge in [-0.2, -0.15) is 5.26 Å². The number of aromatic nitrogens is 1. The number of pyridine rings is 1. The average molecular weight is 239 g/mol. The molecule has 1 aromatic rings. The fraction of sp³-hybridized carbons (Fsp3) is 0.400. The molecule has 0 unspecified atom stereocenters. The molecule has 68 valence electrons. The van der Waals surface area contributed by atoms with Crippen molar-refractivity contribution in [3.05, 3.63) is 28.5 Å². The topological polar surface area (TPSA) is 36.7 Å². The third kappa shape index (κ3) is 3.16. The Morgan fingerprint density at radius 1 is 1.54 bits per heavy atom. The van der Waals surface area contributed by atoms with Crippen molar-refractivity contribution in [2.75, 3.05) is 0 Å². The SMILES string of the molecule is CC(C)(C#N)Cc1cncc(Br)c1. The predicted octanol–water partition coefficient (Wildman–Crippen LogP) is 2.94. The van der Waals surface area contributed by atoms with Gasteiger partial charge in [0.25, 0.3) is 0 Å². The average Bonchev–Trinajstić information content (AvgIpc) is 2.03. The van der Waals surface area contributed by atoms with Gasteiger partial charge in [-0.3, -0.25) is 4.98 Å². The molecule has 1 aromatic heterocycles. The molecule has 0 atom stereocenters. The zero-order chi connectivity index (χ0) is 9.90. The summed E-state index contributed by atoms with van der Waals surface area (Å²) in [6.45, 7) is 3.85. The van der Waals surface area contributed by atoms with E-state index in [1.54, 1.807) is 12.4 Å². The summed E-state index contributed by atoms with van der Waals surface area (Å²) in [5.41, 5.74) is 0.767. The quantitative estimate of drug-likeness (QED) is 0.795. The Morgan fingerprint density at radius 2 is 2.23 bits per heavy atom. The molecule has 0 N–H and O–H groups in total. The summed E-state index contributed by atoms with van der Waals surface area (Å²) in [5.74, 6) is 0. The van der Waals surface area contributed by atoms with Gasteiger partial charge in [-0.15, -0.1) is 0 Å². The van der Waals surface area contributed by atoms with Gasteiger partial charge in [-0.25, -0.2) is 0 Å². The van der Waals surface area contributed by atoms with Crippen LogP contribution in [0.1, 0.15) is 19.4 Å². The maximum Gasteiger partial charge on any atom is 0.0687 e. The number of nitriles is 1. The molecule has 1 heterocycles. The molecule has 0 radical (unpaired) electrons. The standard InChI is InChI=1S/C10H11BrN2/c1-10(2,7-12)4-8-3-9(11)6-13-5-8/h3,5-6H,4H2,1-2H3. The van der Waals surface area contributed by atoms with Gasteiger partial charge in [0.05, 0.1) is 11.5 Å². The van der Waals surface area contributed by atoms with E-state index >= 15 is 0 Å². The van der Waals surface area contributed by atoms with Crippen LogP contribution < -0.4 is 0 Å². The van der Waals surface area contributed by atoms with Gasteiger partial charge >= 0.3 is 0 Å². The molecule has 13 heavy (non-hydrogen) atoms. The van der Waals surface area contributed by atoms with Crippen LogP contribution >= 0.6 is 15.9 Å². The molecule has 0 saturated heterocycles. The van der Waals surface area contributed by atoms with E-state index in [2.05, 4.69) is 27.0 Å². The lowest BCUT2D eigenvalue weighted by Crippen LogP contribution is -2.11. The zero-order valence-corrected chi connectivity index (χ0v) is 9.30. The van der Waals surface area contributed by atoms with Gasteiger partial charge in [0, 0.05) is 16.9 Å². The highest BCUT2D eigenvalue weighted by molar-refractivity contribution is 9.10. The molecule has 2 nitrogen and oxygen atoms in total. The Labute approximate surface area is 86.7 Å². The summed E-state index contributed by atoms with van der Waals surface area (Å²) in [7, 11) is 0. The summed E-state index contributed by atoms with van der Waals surface area (Å²) < 4.78 is 0.957. The minimum atomic E-state index is -0.317. The third-order valence-corrected chi connectivity index (χ3v) is 2.14. The van der Waals surface area contributed by atoms with Gasteiger partial charge in [-0.1, -0.05) is 0 Å². The van der Waals surface area contributed by atoms with Crippen molar-refractivity contribution in [3.63, 3.8) is 0 Å². The second-order valence-corrected chi connectivity index (χ2v) is 4.60. The van der Waals surface area contributed by atoms with Crippen molar-refractivity contribution in [3.8, 4) is 6.07 Å². The zero-order valence-electron chi connectivity index (χ0n) is 7.71. The lowest BCUT2D eigenvalue weighted by molar-refractivity contribution is 0.492. The number of nitrogens with zero attached hydrogens (tertiary/aromatic N) is 2. The first-order valence-electron chi connectivity index (χ1n) is 4.04. The Morgan fingerprint density at radius 3 is 2.77 bits per heavy atom. The molecule has 0 aliphatic rings. The van der Waals surface area contributed by atoms with E-state index in [0.717, 1.165) is 16.5 Å². The fourth-order valence-corrected chi connectivity index (χ4v) is 1.51. The van der Waals surface area contributed by atoms with Crippen LogP contribution in [0.25, 0.3) is 0 Å². The van der Waals surface area contributed by atoms with Crippen LogP contribution in [0.15, 0.2) is 22.9 Å². The van der Waals surface area contributed by atoms with E-state index < -0.39 is 0 Å². The van der Waals surface area contributed by atoms with Crippen molar-refractivity contribution in [1.29, 1.82) is 5.26 Å². The first-order valence-corrected chi connectivity index (χ1v) is 4.83. The molecule has 1 rings (SSSR count). The van der Waals surface area contributed by atoms with Gasteiger partial charge in [0.1, 0.15) is 0 Å². The van der Waals surface area contributed by atoms with Gasteiger partial charge < -0.3 is 0 Å². The van der Waals surface area contributed by atoms with Gasteiger partial charge in [0.2, 0.25) is 0 Å². The summed E-state index contributed by atoms with van der Waals surface area (Å²) >= 11 is 3.35. The Hall–Kier alpha value is -0.880. The first-order chi connectivity index (χ1) is 6.03. The van der Waals surface area contributed by atoms with E-state index in [1.807, 2.05) is 19.9 Å². The summed E-state index contributed by atoms with van der Waals surface area (Å²) in [5, 5.41) is 8.84. The molecule has 0 aliphatic carbocycles. The monoisotopic (exact) mass is 238 g/mol. The van der Waals surface area contributed by atoms with Crippen LogP contribution in [0, 0.1) is 16.7 Å². The predicted molar refractivity (Wildman–Crippen MR) is 55.0 cm³/mol. The van der Waals surface area contributed by atoms with Crippen LogP contribution in [0.3, 0.4) is 0 Å². The van der Waals surface area contributed by atoms with Crippen molar-refractivity contribution in [2.45, 2.75) is 20.3 Å². The molecule has 0 spiro atoms. The van der Waals surface area contributed by atoms with Crippen molar-refractivity contribution in [2.24, 2.45) is 5.41 Å². The van der Waals surface area contributed by atoms with Gasteiger partial charge in [-0.05, 0) is 47.8 Å². The first kappa shape index (κ1) is 10.2. The van der Waals surface area contributed by atoms with E-state index in [-0.39, 0.29) is 5.41 Å². The highest BCUT2D eigenvalue weighted by Gasteiger charge is 2.17. The second-order valence-electron chi connectivity index (χ2n) is 3.68. The molecule has 0 saturated carbocycles. The molecular formula is C10H11BrN2. The number of halogens is 1. The fourth-order valence-electron chi connectivity index (χ4n) is 1.10. The van der Waals surface area contributed by atoms with Crippen LogP contribution in [-0.4, -0.2) is 4.98 Å². The van der Waals surface area contributed by atoms with Crippen LogP contribution in [0.4, 0.5) is 0 Å². The summed E-state index contributed by atoms with van der Waals surface area (Å²) in [4.78, 5) is 4.05. The number of hydrogen-bond acceptors (Lipinski definition) is 2. The minimum absolute atomic E-state index is 0.317. The largest absolute Gasteiger partial charge is 0.263 e. The molecule has 0 aromatic carbocycles. The molecule has 0 aliphatic heterocycles. The molecule has 0 amide bonds. The Balaban J connectivity index is 2.82. The lowest BCUT2D eigenvalue weighted by atomic mass is 9.88. The molecule has 0 bridgehead atoms. The smallest absolute Gasteiger partial charge is 0.0687 e. The molecule has 0 fully saturated rings. The minimum Gasteiger partial charge on any atom is -0.263 e. The second kappa shape index (κ2) is 3.89. The molecular weight excluding hydrogens is 228 g/mol.